The van der Waals surface area contributed by atoms with E-state index in [0.717, 1.165) is 50.4 Å². The van der Waals surface area contributed by atoms with Crippen LogP contribution in [0.5, 0.6) is 5.75 Å². The highest BCUT2D eigenvalue weighted by Crippen LogP contribution is 2.32. The van der Waals surface area contributed by atoms with Gasteiger partial charge in [0, 0.05) is 12.6 Å². The number of rotatable bonds is 9. The molecule has 3 atom stereocenters. The van der Waals surface area contributed by atoms with Crippen molar-refractivity contribution in [2.24, 2.45) is 5.92 Å². The second-order valence-electron chi connectivity index (χ2n) is 8.95. The van der Waals surface area contributed by atoms with E-state index < -0.39 is 20.5 Å². The van der Waals surface area contributed by atoms with Crippen LogP contribution in [0.15, 0.2) is 52.3 Å². The number of carbonyl (C=O) groups excluding carboxylic acids is 1. The van der Waals surface area contributed by atoms with E-state index in [-0.39, 0.29) is 29.1 Å². The number of nitrogens with one attached hydrogen (secondary N) is 3. The van der Waals surface area contributed by atoms with E-state index in [1.807, 2.05) is 6.92 Å². The van der Waals surface area contributed by atoms with E-state index >= 15 is 0 Å². The standard InChI is InChI=1S/C25H32FN3O4S/c1-2-3-13-33-23-6-4-5-20(26)24(23)34(31,32)19-9-7-17(8-10-19)15-28-25(30)22-14-18-16-27-12-11-21(18)29-22/h4-10,18,21-22,27,29H,2-3,11-16H2,1H3,(H,28,30). The normalized spacial score (nSPS) is 22.2. The lowest BCUT2D eigenvalue weighted by Gasteiger charge is -2.25. The second kappa shape index (κ2) is 10.8. The fourth-order valence-electron chi connectivity index (χ4n) is 4.61. The number of hydrogen-bond acceptors (Lipinski definition) is 6. The van der Waals surface area contributed by atoms with Crippen molar-refractivity contribution in [1.82, 2.24) is 16.0 Å². The Balaban J connectivity index is 1.41. The third kappa shape index (κ3) is 5.42. The van der Waals surface area contributed by atoms with Crippen molar-refractivity contribution >= 4 is 15.7 Å². The zero-order valence-electron chi connectivity index (χ0n) is 19.3. The van der Waals surface area contributed by atoms with Crippen molar-refractivity contribution < 1.29 is 22.3 Å². The van der Waals surface area contributed by atoms with Crippen molar-refractivity contribution in [3.05, 3.63) is 53.8 Å². The van der Waals surface area contributed by atoms with E-state index in [1.54, 1.807) is 12.1 Å². The zero-order chi connectivity index (χ0) is 24.1. The largest absolute Gasteiger partial charge is 0.492 e. The lowest BCUT2D eigenvalue weighted by atomic mass is 9.94. The van der Waals surface area contributed by atoms with Crippen molar-refractivity contribution in [2.75, 3.05) is 19.7 Å². The first-order valence-corrected chi connectivity index (χ1v) is 13.4. The Morgan fingerprint density at radius 3 is 2.74 bits per heavy atom. The average Bonchev–Trinajstić information content (AvgIpc) is 3.27. The zero-order valence-corrected chi connectivity index (χ0v) is 20.2. The van der Waals surface area contributed by atoms with Gasteiger partial charge in [0.15, 0.2) is 0 Å². The van der Waals surface area contributed by atoms with Gasteiger partial charge in [-0.05, 0) is 68.1 Å². The van der Waals surface area contributed by atoms with Crippen molar-refractivity contribution in [3.8, 4) is 5.75 Å². The number of amides is 1. The average molecular weight is 490 g/mol. The predicted octanol–water partition coefficient (Wildman–Crippen LogP) is 2.79. The highest BCUT2D eigenvalue weighted by Gasteiger charge is 2.38. The Hall–Kier alpha value is -2.49. The highest BCUT2D eigenvalue weighted by atomic mass is 32.2. The van der Waals surface area contributed by atoms with Crippen LogP contribution in [0.25, 0.3) is 0 Å². The minimum atomic E-state index is -4.11. The number of sulfone groups is 1. The minimum Gasteiger partial charge on any atom is -0.492 e. The minimum absolute atomic E-state index is 0.0182. The summed E-state index contributed by atoms with van der Waals surface area (Å²) in [5.74, 6) is -0.399. The lowest BCUT2D eigenvalue weighted by molar-refractivity contribution is -0.123. The van der Waals surface area contributed by atoms with Crippen LogP contribution >= 0.6 is 0 Å². The summed E-state index contributed by atoms with van der Waals surface area (Å²) >= 11 is 0. The molecule has 1 amide bonds. The first-order chi connectivity index (χ1) is 16.4. The summed E-state index contributed by atoms with van der Waals surface area (Å²) in [5.41, 5.74) is 0.761. The Morgan fingerprint density at radius 1 is 1.21 bits per heavy atom. The van der Waals surface area contributed by atoms with Gasteiger partial charge in [0.1, 0.15) is 16.5 Å². The van der Waals surface area contributed by atoms with Gasteiger partial charge in [0.05, 0.1) is 17.5 Å². The molecule has 2 aromatic carbocycles. The molecule has 0 spiro atoms. The molecular formula is C25H32FN3O4S. The van der Waals surface area contributed by atoms with Crippen molar-refractivity contribution in [3.63, 3.8) is 0 Å². The third-order valence-electron chi connectivity index (χ3n) is 6.53. The first kappa shape index (κ1) is 24.6. The molecule has 2 heterocycles. The third-order valence-corrected chi connectivity index (χ3v) is 8.36. The molecule has 2 aromatic rings. The molecule has 0 saturated carbocycles. The van der Waals surface area contributed by atoms with E-state index in [1.165, 1.54) is 24.3 Å². The predicted molar refractivity (Wildman–Crippen MR) is 127 cm³/mol. The molecule has 9 heteroatoms. The Kier molecular flexibility index (Phi) is 7.85. The number of unbranched alkanes of at least 4 members (excludes halogenated alkanes) is 1. The van der Waals surface area contributed by atoms with Crippen molar-refractivity contribution in [1.29, 1.82) is 0 Å². The quantitative estimate of drug-likeness (QED) is 0.469. The Labute approximate surface area is 200 Å². The first-order valence-electron chi connectivity index (χ1n) is 11.9. The summed E-state index contributed by atoms with van der Waals surface area (Å²) in [6.45, 7) is 4.50. The number of halogens is 1. The summed E-state index contributed by atoms with van der Waals surface area (Å²) in [6.07, 6.45) is 3.46. The molecule has 34 heavy (non-hydrogen) atoms. The summed E-state index contributed by atoms with van der Waals surface area (Å²) in [4.78, 5) is 12.1. The maximum Gasteiger partial charge on any atom is 0.237 e. The molecule has 0 aromatic heterocycles. The SMILES string of the molecule is CCCCOc1cccc(F)c1S(=O)(=O)c1ccc(CNC(=O)C2CC3CNCCC3N2)cc1. The van der Waals surface area contributed by atoms with Crippen LogP contribution in [-0.2, 0) is 21.2 Å². The number of fused-ring (bicyclic) bond motifs is 1. The van der Waals surface area contributed by atoms with Crippen LogP contribution in [-0.4, -0.2) is 46.1 Å². The molecular weight excluding hydrogens is 457 g/mol. The Morgan fingerprint density at radius 2 is 2.00 bits per heavy atom. The van der Waals surface area contributed by atoms with Gasteiger partial charge >= 0.3 is 0 Å². The van der Waals surface area contributed by atoms with Crippen LogP contribution in [0.4, 0.5) is 4.39 Å². The molecule has 0 aliphatic carbocycles. The fraction of sp³-hybridized carbons (Fsp3) is 0.480. The van der Waals surface area contributed by atoms with E-state index in [4.69, 9.17) is 4.74 Å². The van der Waals surface area contributed by atoms with Gasteiger partial charge < -0.3 is 20.7 Å². The van der Waals surface area contributed by atoms with Gasteiger partial charge in [0.2, 0.25) is 15.7 Å². The molecule has 2 saturated heterocycles. The number of piperidine rings is 1. The summed E-state index contributed by atoms with van der Waals surface area (Å²) < 4.78 is 46.5. The van der Waals surface area contributed by atoms with Gasteiger partial charge in [0.25, 0.3) is 0 Å². The van der Waals surface area contributed by atoms with Crippen LogP contribution in [0.2, 0.25) is 0 Å². The van der Waals surface area contributed by atoms with Gasteiger partial charge in [-0.15, -0.1) is 0 Å². The topological polar surface area (TPSA) is 96.5 Å². The van der Waals surface area contributed by atoms with E-state index in [2.05, 4.69) is 16.0 Å². The summed E-state index contributed by atoms with van der Waals surface area (Å²) in [7, 11) is -4.11. The van der Waals surface area contributed by atoms with Gasteiger partial charge in [-0.25, -0.2) is 12.8 Å². The number of benzene rings is 2. The van der Waals surface area contributed by atoms with Crippen LogP contribution < -0.4 is 20.7 Å². The van der Waals surface area contributed by atoms with Gasteiger partial charge in [-0.2, -0.15) is 0 Å². The van der Waals surface area contributed by atoms with E-state index in [0.29, 0.717) is 18.6 Å². The molecule has 7 nitrogen and oxygen atoms in total. The molecule has 2 fully saturated rings. The second-order valence-corrected chi connectivity index (χ2v) is 10.8. The molecule has 3 N–H and O–H groups in total. The molecule has 184 valence electrons. The van der Waals surface area contributed by atoms with E-state index in [9.17, 15) is 17.6 Å². The molecule has 2 aliphatic rings. The lowest BCUT2D eigenvalue weighted by Crippen LogP contribution is -2.45. The number of carbonyl (C=O) groups is 1. The highest BCUT2D eigenvalue weighted by molar-refractivity contribution is 7.91. The number of ether oxygens (including phenoxy) is 1. The van der Waals surface area contributed by atoms with Crippen molar-refractivity contribution in [2.45, 2.75) is 61.0 Å². The Bertz CT molecular complexity index is 1090. The summed E-state index contributed by atoms with van der Waals surface area (Å²) in [6, 6.07) is 10.4. The number of hydrogen-bond donors (Lipinski definition) is 3. The van der Waals surface area contributed by atoms with Gasteiger partial charge in [-0.3, -0.25) is 4.79 Å². The molecule has 0 radical (unpaired) electrons. The smallest absolute Gasteiger partial charge is 0.237 e. The molecule has 0 bridgehead atoms. The monoisotopic (exact) mass is 489 g/mol. The molecule has 3 unspecified atom stereocenters. The van der Waals surface area contributed by atoms with Crippen LogP contribution in [0, 0.1) is 11.7 Å². The maximum absolute atomic E-state index is 14.6. The fourth-order valence-corrected chi connectivity index (χ4v) is 6.06. The van der Waals surface area contributed by atoms with Gasteiger partial charge in [-0.1, -0.05) is 31.5 Å². The van der Waals surface area contributed by atoms with Crippen LogP contribution in [0.1, 0.15) is 38.2 Å². The summed E-state index contributed by atoms with van der Waals surface area (Å²) in [5, 5.41) is 9.73. The maximum atomic E-state index is 14.6. The molecule has 4 rings (SSSR count). The van der Waals surface area contributed by atoms with Crippen LogP contribution in [0.3, 0.4) is 0 Å². The molecule has 2 aliphatic heterocycles.